The number of hydrogen-bond acceptors (Lipinski definition) is 3. The van der Waals surface area contributed by atoms with E-state index in [1.54, 1.807) is 0 Å². The smallest absolute Gasteiger partial charge is 0.426 e. The predicted octanol–water partition coefficient (Wildman–Crippen LogP) is 5.73. The van der Waals surface area contributed by atoms with Gasteiger partial charge in [-0.3, -0.25) is 4.79 Å². The van der Waals surface area contributed by atoms with E-state index in [1.807, 2.05) is 0 Å². The van der Waals surface area contributed by atoms with E-state index in [0.29, 0.717) is 5.92 Å². The van der Waals surface area contributed by atoms with Crippen LogP contribution in [0.1, 0.15) is 45.4 Å². The molecule has 0 N–H and O–H groups in total. The van der Waals surface area contributed by atoms with Gasteiger partial charge in [0.25, 0.3) is 0 Å². The van der Waals surface area contributed by atoms with Crippen molar-refractivity contribution in [2.24, 2.45) is 11.8 Å². The summed E-state index contributed by atoms with van der Waals surface area (Å²) in [7, 11) is 0. The molecule has 0 amide bonds. The number of esters is 1. The molecule has 1 fully saturated rings. The lowest BCUT2D eigenvalue weighted by Crippen LogP contribution is -2.41. The first-order chi connectivity index (χ1) is 12.1. The van der Waals surface area contributed by atoms with Crippen molar-refractivity contribution in [2.45, 2.75) is 57.7 Å². The summed E-state index contributed by atoms with van der Waals surface area (Å²) in [4.78, 5) is 12.2. The topological polar surface area (TPSA) is 35.5 Å². The molecule has 1 saturated carbocycles. The molecular weight excluding hydrogens is 359 g/mol. The van der Waals surface area contributed by atoms with Crippen LogP contribution in [0.25, 0.3) is 0 Å². The molecule has 3 nitrogen and oxygen atoms in total. The van der Waals surface area contributed by atoms with Gasteiger partial charge in [0.2, 0.25) is 0 Å². The monoisotopic (exact) mass is 380 g/mol. The maximum absolute atomic E-state index is 12.8. The Labute approximate surface area is 148 Å². The predicted molar refractivity (Wildman–Crippen MR) is 84.1 cm³/mol. The third-order valence-corrected chi connectivity index (χ3v) is 4.50. The van der Waals surface area contributed by atoms with Crippen LogP contribution in [0.3, 0.4) is 0 Å². The maximum Gasteiger partial charge on any atom is 0.499 e. The highest BCUT2D eigenvalue weighted by Gasteiger charge is 2.61. The molecule has 0 spiro atoms. The zero-order valence-electron chi connectivity index (χ0n) is 14.3. The number of hydrogen-bond donors (Lipinski definition) is 0. The standard InChI is InChI=1S/C18H21F5O3/c1-2-3-12-4-6-13(7-5-12)16(24)25-14-8-10-15(11-9-14)26-18(22,23)17(19,20)21/h8-13H,2-7H2,1H3. The van der Waals surface area contributed by atoms with Gasteiger partial charge in [-0.15, -0.1) is 0 Å². The van der Waals surface area contributed by atoms with Crippen LogP contribution < -0.4 is 9.47 Å². The van der Waals surface area contributed by atoms with Crippen LogP contribution >= 0.6 is 0 Å². The molecule has 1 aromatic carbocycles. The van der Waals surface area contributed by atoms with Crippen LogP contribution in [-0.2, 0) is 4.79 Å². The third kappa shape index (κ3) is 5.32. The number of alkyl halides is 5. The van der Waals surface area contributed by atoms with E-state index in [2.05, 4.69) is 11.7 Å². The maximum atomic E-state index is 12.8. The first kappa shape index (κ1) is 20.5. The highest BCUT2D eigenvalue weighted by atomic mass is 19.4. The van der Waals surface area contributed by atoms with Gasteiger partial charge in [0.1, 0.15) is 11.5 Å². The van der Waals surface area contributed by atoms with Crippen molar-refractivity contribution in [2.75, 3.05) is 0 Å². The first-order valence-electron chi connectivity index (χ1n) is 8.57. The Morgan fingerprint density at radius 3 is 2.04 bits per heavy atom. The quantitative estimate of drug-likeness (QED) is 0.359. The highest BCUT2D eigenvalue weighted by molar-refractivity contribution is 5.75. The van der Waals surface area contributed by atoms with Crippen LogP contribution in [0.5, 0.6) is 11.5 Å². The fourth-order valence-corrected chi connectivity index (χ4v) is 3.08. The fraction of sp³-hybridized carbons (Fsp3) is 0.611. The molecule has 0 atom stereocenters. The van der Waals surface area contributed by atoms with Crippen molar-refractivity contribution in [3.8, 4) is 11.5 Å². The van der Waals surface area contributed by atoms with Gasteiger partial charge in [-0.05, 0) is 55.9 Å². The van der Waals surface area contributed by atoms with Gasteiger partial charge in [0, 0.05) is 0 Å². The molecule has 0 unspecified atom stereocenters. The van der Waals surface area contributed by atoms with Gasteiger partial charge in [0.15, 0.2) is 0 Å². The lowest BCUT2D eigenvalue weighted by Gasteiger charge is -2.26. The summed E-state index contributed by atoms with van der Waals surface area (Å²) in [6.07, 6.45) is -5.44. The zero-order chi connectivity index (χ0) is 19.4. The summed E-state index contributed by atoms with van der Waals surface area (Å²) in [5.74, 6) is -0.584. The van der Waals surface area contributed by atoms with E-state index in [1.165, 1.54) is 0 Å². The molecule has 2 rings (SSSR count). The summed E-state index contributed by atoms with van der Waals surface area (Å²) in [5.41, 5.74) is 0. The normalized spacial score (nSPS) is 21.3. The van der Waals surface area contributed by atoms with Crippen molar-refractivity contribution >= 4 is 5.97 Å². The number of halogens is 5. The first-order valence-corrected chi connectivity index (χ1v) is 8.57. The van der Waals surface area contributed by atoms with Crippen molar-refractivity contribution in [3.63, 3.8) is 0 Å². The second-order valence-electron chi connectivity index (χ2n) is 6.52. The molecule has 0 aliphatic heterocycles. The summed E-state index contributed by atoms with van der Waals surface area (Å²) >= 11 is 0. The van der Waals surface area contributed by atoms with Crippen LogP contribution in [0.2, 0.25) is 0 Å². The molecular formula is C18H21F5O3. The van der Waals surface area contributed by atoms with Gasteiger partial charge in [0.05, 0.1) is 5.92 Å². The number of benzene rings is 1. The molecule has 0 radical (unpaired) electrons. The van der Waals surface area contributed by atoms with E-state index < -0.39 is 24.0 Å². The summed E-state index contributed by atoms with van der Waals surface area (Å²) in [6, 6.07) is 4.06. The second-order valence-corrected chi connectivity index (χ2v) is 6.52. The van der Waals surface area contributed by atoms with Crippen LogP contribution in [-0.4, -0.2) is 18.3 Å². The average molecular weight is 380 g/mol. The number of carbonyl (C=O) groups is 1. The minimum atomic E-state index is -5.81. The lowest BCUT2D eigenvalue weighted by atomic mass is 9.80. The fourth-order valence-electron chi connectivity index (χ4n) is 3.08. The number of rotatable bonds is 6. The van der Waals surface area contributed by atoms with E-state index in [4.69, 9.17) is 4.74 Å². The average Bonchev–Trinajstić information content (AvgIpc) is 2.56. The second kappa shape index (κ2) is 8.22. The van der Waals surface area contributed by atoms with E-state index in [0.717, 1.165) is 62.8 Å². The largest absolute Gasteiger partial charge is 0.499 e. The Morgan fingerprint density at radius 1 is 1.00 bits per heavy atom. The Hall–Kier alpha value is -1.86. The molecule has 0 bridgehead atoms. The molecule has 8 heteroatoms. The number of ether oxygens (including phenoxy) is 2. The molecule has 0 saturated heterocycles. The molecule has 0 aromatic heterocycles. The summed E-state index contributed by atoms with van der Waals surface area (Å²) in [5, 5.41) is 0. The molecule has 26 heavy (non-hydrogen) atoms. The molecule has 1 aromatic rings. The van der Waals surface area contributed by atoms with Crippen molar-refractivity contribution in [1.82, 2.24) is 0 Å². The third-order valence-electron chi connectivity index (χ3n) is 4.50. The molecule has 146 valence electrons. The van der Waals surface area contributed by atoms with Gasteiger partial charge in [-0.25, -0.2) is 0 Å². The van der Waals surface area contributed by atoms with Crippen LogP contribution in [0, 0.1) is 11.8 Å². The van der Waals surface area contributed by atoms with Gasteiger partial charge >= 0.3 is 18.3 Å². The van der Waals surface area contributed by atoms with Gasteiger partial charge in [-0.2, -0.15) is 22.0 Å². The lowest BCUT2D eigenvalue weighted by molar-refractivity contribution is -0.360. The van der Waals surface area contributed by atoms with Crippen molar-refractivity contribution in [1.29, 1.82) is 0 Å². The van der Waals surface area contributed by atoms with Crippen molar-refractivity contribution < 1.29 is 36.2 Å². The molecule has 0 heterocycles. The van der Waals surface area contributed by atoms with Gasteiger partial charge < -0.3 is 9.47 Å². The molecule has 1 aliphatic carbocycles. The summed E-state index contributed by atoms with van der Waals surface area (Å²) < 4.78 is 70.8. The Balaban J connectivity index is 1.88. The highest BCUT2D eigenvalue weighted by Crippen LogP contribution is 2.37. The number of carbonyl (C=O) groups excluding carboxylic acids is 1. The van der Waals surface area contributed by atoms with Crippen LogP contribution in [0.15, 0.2) is 24.3 Å². The van der Waals surface area contributed by atoms with Crippen molar-refractivity contribution in [3.05, 3.63) is 24.3 Å². The van der Waals surface area contributed by atoms with E-state index in [-0.39, 0.29) is 11.7 Å². The SMILES string of the molecule is CCCC1CCC(C(=O)Oc2ccc(OC(F)(F)C(F)(F)F)cc2)CC1. The van der Waals surface area contributed by atoms with Gasteiger partial charge in [-0.1, -0.05) is 19.8 Å². The van der Waals surface area contributed by atoms with E-state index in [9.17, 15) is 26.7 Å². The van der Waals surface area contributed by atoms with Crippen LogP contribution in [0.4, 0.5) is 22.0 Å². The summed E-state index contributed by atoms with van der Waals surface area (Å²) in [6.45, 7) is 2.12. The Kier molecular flexibility index (Phi) is 6.47. The minimum absolute atomic E-state index is 0.0772. The molecule has 1 aliphatic rings. The van der Waals surface area contributed by atoms with E-state index >= 15 is 0 Å². The Bertz CT molecular complexity index is 590. The zero-order valence-corrected chi connectivity index (χ0v) is 14.3. The Morgan fingerprint density at radius 2 is 1.54 bits per heavy atom. The minimum Gasteiger partial charge on any atom is -0.426 e.